The highest BCUT2D eigenvalue weighted by Gasteiger charge is 2.13. The second-order valence-corrected chi connectivity index (χ2v) is 6.54. The third-order valence-electron chi connectivity index (χ3n) is 4.58. The highest BCUT2D eigenvalue weighted by atomic mass is 16.5. The number of aromatic amines is 1. The van der Waals surface area contributed by atoms with Crippen molar-refractivity contribution in [1.29, 1.82) is 0 Å². The van der Waals surface area contributed by atoms with Crippen molar-refractivity contribution >= 4 is 28.5 Å². The first-order valence-electron chi connectivity index (χ1n) is 9.01. The van der Waals surface area contributed by atoms with Crippen LogP contribution in [0.2, 0.25) is 0 Å². The van der Waals surface area contributed by atoms with Gasteiger partial charge in [-0.1, -0.05) is 0 Å². The third-order valence-corrected chi connectivity index (χ3v) is 4.58. The zero-order valence-corrected chi connectivity index (χ0v) is 16.3. The van der Waals surface area contributed by atoms with Crippen LogP contribution in [0.1, 0.15) is 11.4 Å². The molecule has 3 N–H and O–H groups in total. The molecule has 0 amide bonds. The lowest BCUT2D eigenvalue weighted by atomic mass is 10.0. The van der Waals surface area contributed by atoms with E-state index in [2.05, 4.69) is 31.7 Å². The van der Waals surface area contributed by atoms with Gasteiger partial charge in [-0.25, -0.2) is 4.98 Å². The second-order valence-electron chi connectivity index (χ2n) is 6.54. The van der Waals surface area contributed by atoms with Crippen molar-refractivity contribution < 1.29 is 4.74 Å². The van der Waals surface area contributed by atoms with Crippen LogP contribution in [0, 0.1) is 13.8 Å². The summed E-state index contributed by atoms with van der Waals surface area (Å²) in [6.45, 7) is 3.94. The lowest BCUT2D eigenvalue weighted by Gasteiger charge is -2.14. The maximum absolute atomic E-state index is 5.60. The fourth-order valence-electron chi connectivity index (χ4n) is 3.23. The van der Waals surface area contributed by atoms with E-state index in [0.717, 1.165) is 50.8 Å². The van der Waals surface area contributed by atoms with Crippen LogP contribution >= 0.6 is 0 Å². The minimum absolute atomic E-state index is 0.537. The monoisotopic (exact) mass is 374 g/mol. The van der Waals surface area contributed by atoms with Gasteiger partial charge < -0.3 is 20.4 Å². The summed E-state index contributed by atoms with van der Waals surface area (Å²) in [5.74, 6) is 2.08. The number of hydrogen-bond donors (Lipinski definition) is 3. The number of H-pyrrole nitrogens is 1. The molecule has 0 saturated heterocycles. The van der Waals surface area contributed by atoms with Crippen LogP contribution in [0.15, 0.2) is 42.6 Å². The van der Waals surface area contributed by atoms with Crippen molar-refractivity contribution in [3.63, 3.8) is 0 Å². The van der Waals surface area contributed by atoms with Crippen molar-refractivity contribution in [1.82, 2.24) is 19.9 Å². The zero-order valence-electron chi connectivity index (χ0n) is 16.3. The van der Waals surface area contributed by atoms with Gasteiger partial charge in [0.05, 0.1) is 18.1 Å². The van der Waals surface area contributed by atoms with Crippen LogP contribution in [-0.4, -0.2) is 34.1 Å². The minimum atomic E-state index is 0.537. The number of anilines is 3. The van der Waals surface area contributed by atoms with Crippen molar-refractivity contribution in [2.45, 2.75) is 13.8 Å². The van der Waals surface area contributed by atoms with E-state index in [0.29, 0.717) is 5.95 Å². The molecule has 0 saturated carbocycles. The molecule has 0 fully saturated rings. The molecule has 0 bridgehead atoms. The molecule has 0 radical (unpaired) electrons. The number of rotatable bonds is 5. The van der Waals surface area contributed by atoms with E-state index in [1.807, 2.05) is 57.4 Å². The predicted octanol–water partition coefficient (Wildman–Crippen LogP) is 4.43. The predicted molar refractivity (Wildman–Crippen MR) is 112 cm³/mol. The minimum Gasteiger partial charge on any atom is -0.496 e. The molecule has 0 aliphatic heterocycles. The molecular formula is C21H22N6O. The molecule has 4 rings (SSSR count). The van der Waals surface area contributed by atoms with Crippen LogP contribution in [0.5, 0.6) is 5.75 Å². The summed E-state index contributed by atoms with van der Waals surface area (Å²) in [5, 5.41) is 6.34. The molecular weight excluding hydrogens is 352 g/mol. The van der Waals surface area contributed by atoms with E-state index < -0.39 is 0 Å². The number of nitrogens with one attached hydrogen (secondary N) is 3. The molecule has 0 spiro atoms. The summed E-state index contributed by atoms with van der Waals surface area (Å²) in [7, 11) is 3.51. The van der Waals surface area contributed by atoms with E-state index in [9.17, 15) is 0 Å². The van der Waals surface area contributed by atoms with Crippen molar-refractivity contribution in [2.24, 2.45) is 0 Å². The molecule has 1 aromatic carbocycles. The molecule has 3 aromatic heterocycles. The van der Waals surface area contributed by atoms with Crippen molar-refractivity contribution in [3.05, 3.63) is 54.0 Å². The highest BCUT2D eigenvalue weighted by molar-refractivity contribution is 5.85. The summed E-state index contributed by atoms with van der Waals surface area (Å²) in [6, 6.07) is 11.9. The highest BCUT2D eigenvalue weighted by Crippen LogP contribution is 2.35. The van der Waals surface area contributed by atoms with Crippen LogP contribution in [0.25, 0.3) is 22.2 Å². The molecule has 0 atom stereocenters. The van der Waals surface area contributed by atoms with Crippen molar-refractivity contribution in [2.75, 3.05) is 24.8 Å². The first kappa shape index (κ1) is 17.8. The van der Waals surface area contributed by atoms with Crippen molar-refractivity contribution in [3.8, 4) is 16.9 Å². The van der Waals surface area contributed by atoms with Gasteiger partial charge in [0.25, 0.3) is 0 Å². The number of ether oxygens (including phenoxy) is 1. The first-order valence-corrected chi connectivity index (χ1v) is 9.01. The van der Waals surface area contributed by atoms with Gasteiger partial charge in [-0.15, -0.1) is 0 Å². The van der Waals surface area contributed by atoms with Gasteiger partial charge in [-0.05, 0) is 44.2 Å². The molecule has 0 unspecified atom stereocenters. The van der Waals surface area contributed by atoms with Gasteiger partial charge in [-0.2, -0.15) is 4.98 Å². The normalized spacial score (nSPS) is 10.9. The maximum atomic E-state index is 5.60. The van der Waals surface area contributed by atoms with Gasteiger partial charge >= 0.3 is 0 Å². The number of nitrogens with zero attached hydrogens (tertiary/aromatic N) is 3. The van der Waals surface area contributed by atoms with Crippen LogP contribution in [-0.2, 0) is 0 Å². The number of pyridine rings is 1. The van der Waals surface area contributed by atoms with Crippen LogP contribution in [0.4, 0.5) is 17.5 Å². The smallest absolute Gasteiger partial charge is 0.229 e. The molecule has 3 heterocycles. The number of aromatic nitrogens is 4. The summed E-state index contributed by atoms with van der Waals surface area (Å²) >= 11 is 0. The molecule has 4 aromatic rings. The Morgan fingerprint density at radius 3 is 2.61 bits per heavy atom. The summed E-state index contributed by atoms with van der Waals surface area (Å²) in [5.41, 5.74) is 6.59. The zero-order chi connectivity index (χ0) is 19.7. The Labute approximate surface area is 163 Å². The largest absolute Gasteiger partial charge is 0.496 e. The fraction of sp³-hybridized carbons (Fsp3) is 0.190. The van der Waals surface area contributed by atoms with E-state index in [1.54, 1.807) is 7.11 Å². The van der Waals surface area contributed by atoms with E-state index >= 15 is 0 Å². The van der Waals surface area contributed by atoms with Crippen LogP contribution < -0.4 is 15.4 Å². The Kier molecular flexibility index (Phi) is 4.57. The lowest BCUT2D eigenvalue weighted by Crippen LogP contribution is -2.02. The van der Waals surface area contributed by atoms with Gasteiger partial charge in [0.2, 0.25) is 5.95 Å². The first-order chi connectivity index (χ1) is 13.6. The number of fused-ring (bicyclic) bond motifs is 1. The second kappa shape index (κ2) is 7.19. The fourth-order valence-corrected chi connectivity index (χ4v) is 3.23. The molecule has 7 heteroatoms. The number of benzene rings is 1. The standard InChI is InChI=1S/C21H22N6O/c1-12-9-20(22-3)27-21(24-12)26-14-5-6-19(28-4)16(10-14)15-11-18-17(7-8-23-18)25-13(15)2/h5-11,23H,1-4H3,(H2,22,24,26,27). The Morgan fingerprint density at radius 1 is 0.964 bits per heavy atom. The topological polar surface area (TPSA) is 87.8 Å². The number of methoxy groups -OCH3 is 1. The third kappa shape index (κ3) is 3.34. The maximum Gasteiger partial charge on any atom is 0.229 e. The van der Waals surface area contributed by atoms with Gasteiger partial charge in [0, 0.05) is 47.5 Å². The quantitative estimate of drug-likeness (QED) is 0.479. The summed E-state index contributed by atoms with van der Waals surface area (Å²) < 4.78 is 5.60. The molecule has 7 nitrogen and oxygen atoms in total. The number of aryl methyl sites for hydroxylation is 2. The Balaban J connectivity index is 1.77. The van der Waals surface area contributed by atoms with Crippen LogP contribution in [0.3, 0.4) is 0 Å². The number of hydrogen-bond acceptors (Lipinski definition) is 6. The average Bonchev–Trinajstić information content (AvgIpc) is 3.14. The molecule has 0 aliphatic rings. The Morgan fingerprint density at radius 2 is 1.82 bits per heavy atom. The summed E-state index contributed by atoms with van der Waals surface area (Å²) in [6.07, 6.45) is 1.89. The van der Waals surface area contributed by atoms with Gasteiger partial charge in [-0.3, -0.25) is 4.98 Å². The average molecular weight is 374 g/mol. The summed E-state index contributed by atoms with van der Waals surface area (Å²) in [4.78, 5) is 16.8. The van der Waals surface area contributed by atoms with E-state index in [-0.39, 0.29) is 0 Å². The van der Waals surface area contributed by atoms with E-state index in [4.69, 9.17) is 9.72 Å². The van der Waals surface area contributed by atoms with E-state index in [1.165, 1.54) is 0 Å². The molecule has 142 valence electrons. The Bertz CT molecular complexity index is 1150. The van der Waals surface area contributed by atoms with Gasteiger partial charge in [0.15, 0.2) is 0 Å². The Hall–Kier alpha value is -3.61. The van der Waals surface area contributed by atoms with Gasteiger partial charge in [0.1, 0.15) is 11.6 Å². The lowest BCUT2D eigenvalue weighted by molar-refractivity contribution is 0.416. The molecule has 0 aliphatic carbocycles. The SMILES string of the molecule is CNc1cc(C)nc(Nc2ccc(OC)c(-c3cc4[nH]ccc4nc3C)c2)n1. The molecule has 28 heavy (non-hydrogen) atoms.